The number of benzene rings is 1. The van der Waals surface area contributed by atoms with E-state index in [0.29, 0.717) is 17.8 Å². The van der Waals surface area contributed by atoms with E-state index >= 15 is 0 Å². The predicted molar refractivity (Wildman–Crippen MR) is 159 cm³/mol. The van der Waals surface area contributed by atoms with E-state index < -0.39 is 0 Å². The second-order valence-electron chi connectivity index (χ2n) is 9.48. The molecular formula is C29H26ClN11O. The van der Waals surface area contributed by atoms with Crippen molar-refractivity contribution in [1.82, 2.24) is 49.3 Å². The third-order valence-corrected chi connectivity index (χ3v) is 6.99. The molecular weight excluding hydrogens is 554 g/mol. The average Bonchev–Trinajstić information content (AvgIpc) is 3.67. The molecule has 0 aliphatic carbocycles. The normalized spacial score (nSPS) is 11.9. The van der Waals surface area contributed by atoms with Crippen molar-refractivity contribution in [2.45, 2.75) is 25.8 Å². The molecule has 0 saturated heterocycles. The quantitative estimate of drug-likeness (QED) is 0.260. The minimum absolute atomic E-state index is 0.193. The lowest BCUT2D eigenvalue weighted by atomic mass is 10.0. The molecule has 1 N–H and O–H groups in total. The van der Waals surface area contributed by atoms with Crippen molar-refractivity contribution >= 4 is 17.3 Å². The van der Waals surface area contributed by atoms with Crippen LogP contribution in [0.4, 0.5) is 5.69 Å². The van der Waals surface area contributed by atoms with Gasteiger partial charge in [0.15, 0.2) is 5.15 Å². The van der Waals surface area contributed by atoms with Crippen molar-refractivity contribution in [3.63, 3.8) is 0 Å². The molecule has 0 spiro atoms. The minimum atomic E-state index is -0.323. The first-order chi connectivity index (χ1) is 20.6. The molecule has 6 aromatic rings. The van der Waals surface area contributed by atoms with Crippen LogP contribution >= 0.6 is 11.6 Å². The topological polar surface area (TPSA) is 134 Å². The van der Waals surface area contributed by atoms with E-state index in [9.17, 15) is 4.79 Å². The highest BCUT2D eigenvalue weighted by Crippen LogP contribution is 2.31. The van der Waals surface area contributed by atoms with E-state index in [-0.39, 0.29) is 16.8 Å². The van der Waals surface area contributed by atoms with Gasteiger partial charge in [0.05, 0.1) is 59.9 Å². The van der Waals surface area contributed by atoms with Gasteiger partial charge in [0.25, 0.3) is 5.56 Å². The zero-order valence-corrected chi connectivity index (χ0v) is 23.6. The van der Waals surface area contributed by atoms with Gasteiger partial charge >= 0.3 is 0 Å². The summed E-state index contributed by atoms with van der Waals surface area (Å²) in [4.78, 5) is 31.1. The van der Waals surface area contributed by atoms with Gasteiger partial charge in [-0.3, -0.25) is 14.3 Å². The molecule has 0 aliphatic heterocycles. The summed E-state index contributed by atoms with van der Waals surface area (Å²) in [5.74, 6) is 0. The first-order valence-corrected chi connectivity index (χ1v) is 13.7. The molecule has 1 aromatic carbocycles. The Morgan fingerprint density at radius 3 is 2.60 bits per heavy atom. The van der Waals surface area contributed by atoms with E-state index in [2.05, 4.69) is 42.5 Å². The van der Waals surface area contributed by atoms with Crippen LogP contribution in [-0.2, 0) is 0 Å². The second-order valence-corrected chi connectivity index (χ2v) is 9.87. The van der Waals surface area contributed by atoms with Crippen LogP contribution < -0.4 is 10.9 Å². The van der Waals surface area contributed by atoms with Gasteiger partial charge in [-0.25, -0.2) is 24.3 Å². The standard InChI is InChI=1S/C29H26ClN11O/c1-3-6-26(23-11-19(9-10-34-23)29-24(31-2)15-40(37-29)20-13-32-17-33-14-20)39-18-35-22(12-28(39)42)21-7-4-5-8-25(21)41-16-27(30)36-38-41/h4-5,7-18,26,31H,3,6H2,1-2H3/t26-/m0/s1. The number of anilines is 1. The van der Waals surface area contributed by atoms with Crippen molar-refractivity contribution in [2.24, 2.45) is 0 Å². The second kappa shape index (κ2) is 11.7. The third kappa shape index (κ3) is 5.27. The molecule has 13 heteroatoms. The number of hydrogen-bond donors (Lipinski definition) is 1. The molecule has 5 heterocycles. The SMILES string of the molecule is CCC[C@@H](c1cc(-c2nn(-c3cncnc3)cc2NC)ccn1)n1cnc(-c2ccccc2-n2cc(Cl)nn2)cc1=O. The fraction of sp³-hybridized carbons (Fsp3) is 0.172. The third-order valence-electron chi connectivity index (χ3n) is 6.82. The molecule has 0 aliphatic rings. The summed E-state index contributed by atoms with van der Waals surface area (Å²) in [6, 6.07) is 12.6. The minimum Gasteiger partial charge on any atom is -0.385 e. The predicted octanol–water partition coefficient (Wildman–Crippen LogP) is 4.61. The maximum absolute atomic E-state index is 13.6. The van der Waals surface area contributed by atoms with Crippen molar-refractivity contribution in [3.05, 3.63) is 107 Å². The number of nitrogens with zero attached hydrogens (tertiary/aromatic N) is 10. The van der Waals surface area contributed by atoms with Crippen LogP contribution in [0.1, 0.15) is 31.5 Å². The molecule has 0 saturated carbocycles. The summed E-state index contributed by atoms with van der Waals surface area (Å²) in [5, 5.41) is 16.2. The van der Waals surface area contributed by atoms with Crippen LogP contribution in [0.2, 0.25) is 5.15 Å². The van der Waals surface area contributed by atoms with Crippen molar-refractivity contribution < 1.29 is 0 Å². The van der Waals surface area contributed by atoms with Gasteiger partial charge in [-0.15, -0.1) is 5.10 Å². The fourth-order valence-corrected chi connectivity index (χ4v) is 4.96. The Morgan fingerprint density at radius 1 is 1.02 bits per heavy atom. The number of aromatic nitrogens is 10. The van der Waals surface area contributed by atoms with E-state index in [0.717, 1.165) is 40.3 Å². The maximum Gasteiger partial charge on any atom is 0.254 e. The molecule has 210 valence electrons. The van der Waals surface area contributed by atoms with E-state index in [1.54, 1.807) is 45.0 Å². The van der Waals surface area contributed by atoms with Crippen LogP contribution in [-0.4, -0.2) is 56.3 Å². The lowest BCUT2D eigenvalue weighted by Gasteiger charge is -2.19. The smallest absolute Gasteiger partial charge is 0.254 e. The number of nitrogens with one attached hydrogen (secondary N) is 1. The Labute approximate surface area is 245 Å². The van der Waals surface area contributed by atoms with Crippen LogP contribution in [0.3, 0.4) is 0 Å². The van der Waals surface area contributed by atoms with Crippen LogP contribution in [0.15, 0.2) is 90.9 Å². The Hall–Kier alpha value is -5.23. The summed E-state index contributed by atoms with van der Waals surface area (Å²) >= 11 is 5.99. The molecule has 0 fully saturated rings. The number of para-hydroxylation sites is 1. The Bertz CT molecular complexity index is 1900. The van der Waals surface area contributed by atoms with Gasteiger partial charge in [-0.05, 0) is 24.6 Å². The summed E-state index contributed by atoms with van der Waals surface area (Å²) in [6.07, 6.45) is 13.2. The monoisotopic (exact) mass is 579 g/mol. The first kappa shape index (κ1) is 27.0. The average molecular weight is 580 g/mol. The summed E-state index contributed by atoms with van der Waals surface area (Å²) in [6.45, 7) is 2.08. The van der Waals surface area contributed by atoms with Crippen LogP contribution in [0, 0.1) is 0 Å². The summed E-state index contributed by atoms with van der Waals surface area (Å²) in [7, 11) is 1.84. The van der Waals surface area contributed by atoms with E-state index in [1.165, 1.54) is 12.4 Å². The Morgan fingerprint density at radius 2 is 1.86 bits per heavy atom. The highest BCUT2D eigenvalue weighted by atomic mass is 35.5. The largest absolute Gasteiger partial charge is 0.385 e. The summed E-state index contributed by atoms with van der Waals surface area (Å²) in [5.41, 5.74) is 5.68. The van der Waals surface area contributed by atoms with Crippen molar-refractivity contribution in [1.29, 1.82) is 0 Å². The van der Waals surface area contributed by atoms with Crippen molar-refractivity contribution in [3.8, 4) is 33.9 Å². The Balaban J connectivity index is 1.37. The first-order valence-electron chi connectivity index (χ1n) is 13.3. The van der Waals surface area contributed by atoms with E-state index in [1.807, 2.05) is 49.6 Å². The molecule has 12 nitrogen and oxygen atoms in total. The van der Waals surface area contributed by atoms with Gasteiger partial charge in [-0.1, -0.05) is 48.4 Å². The lowest BCUT2D eigenvalue weighted by Crippen LogP contribution is -2.26. The van der Waals surface area contributed by atoms with Gasteiger partial charge in [0.1, 0.15) is 17.7 Å². The maximum atomic E-state index is 13.6. The molecule has 0 amide bonds. The van der Waals surface area contributed by atoms with Gasteiger partial charge in [0, 0.05) is 30.4 Å². The number of halogens is 1. The molecule has 0 radical (unpaired) electrons. The van der Waals surface area contributed by atoms with Gasteiger partial charge in [0.2, 0.25) is 0 Å². The fourth-order valence-electron chi connectivity index (χ4n) is 4.84. The molecule has 0 bridgehead atoms. The summed E-state index contributed by atoms with van der Waals surface area (Å²) < 4.78 is 4.92. The van der Waals surface area contributed by atoms with Crippen LogP contribution in [0.25, 0.3) is 33.9 Å². The van der Waals surface area contributed by atoms with Gasteiger partial charge in [-0.2, -0.15) is 5.10 Å². The Kier molecular flexibility index (Phi) is 7.52. The number of hydrogen-bond acceptors (Lipinski definition) is 9. The highest BCUT2D eigenvalue weighted by molar-refractivity contribution is 6.29. The van der Waals surface area contributed by atoms with E-state index in [4.69, 9.17) is 16.7 Å². The zero-order chi connectivity index (χ0) is 29.1. The highest BCUT2D eigenvalue weighted by Gasteiger charge is 2.20. The molecule has 6 rings (SSSR count). The molecule has 42 heavy (non-hydrogen) atoms. The molecule has 0 unspecified atom stereocenters. The molecule has 5 aromatic heterocycles. The zero-order valence-electron chi connectivity index (χ0n) is 22.8. The number of rotatable bonds is 9. The van der Waals surface area contributed by atoms with Crippen molar-refractivity contribution in [2.75, 3.05) is 12.4 Å². The number of pyridine rings is 1. The molecule has 1 atom stereocenters. The van der Waals surface area contributed by atoms with Gasteiger partial charge < -0.3 is 5.32 Å². The lowest BCUT2D eigenvalue weighted by molar-refractivity contribution is 0.500. The van der Waals surface area contributed by atoms with Crippen LogP contribution in [0.5, 0.6) is 0 Å².